The Labute approximate surface area is 99.1 Å². The third-order valence-corrected chi connectivity index (χ3v) is 2.82. The Bertz CT molecular complexity index is 338. The van der Waals surface area contributed by atoms with Crippen LogP contribution in [0.4, 0.5) is 0 Å². The second-order valence-corrected chi connectivity index (χ2v) is 4.45. The van der Waals surface area contributed by atoms with Crippen LogP contribution in [0.25, 0.3) is 0 Å². The van der Waals surface area contributed by atoms with E-state index >= 15 is 0 Å². The minimum absolute atomic E-state index is 0.276. The standard InChI is InChI=1S/C12H16BrNO/c1-3-4-9(2)14-8-10-5-6-12(15)11(13)7-10/h3,5-7,9,14-15H,1,4,8H2,2H3. The highest BCUT2D eigenvalue weighted by atomic mass is 79.9. The summed E-state index contributed by atoms with van der Waals surface area (Å²) in [5, 5.41) is 12.7. The van der Waals surface area contributed by atoms with Crippen LogP contribution in [0.3, 0.4) is 0 Å². The van der Waals surface area contributed by atoms with Crippen LogP contribution in [0.1, 0.15) is 18.9 Å². The molecule has 2 N–H and O–H groups in total. The van der Waals surface area contributed by atoms with Crippen molar-refractivity contribution in [3.63, 3.8) is 0 Å². The molecule has 0 aliphatic carbocycles. The molecule has 0 aliphatic rings. The predicted octanol–water partition coefficient (Wildman–Crippen LogP) is 3.21. The quantitative estimate of drug-likeness (QED) is 0.805. The van der Waals surface area contributed by atoms with Crippen LogP contribution < -0.4 is 5.32 Å². The van der Waals surface area contributed by atoms with Crippen LogP contribution in [0.15, 0.2) is 35.3 Å². The molecule has 1 rings (SSSR count). The number of halogens is 1. The summed E-state index contributed by atoms with van der Waals surface area (Å²) in [5.41, 5.74) is 1.15. The number of phenolic OH excluding ortho intramolecular Hbond substituents is 1. The van der Waals surface area contributed by atoms with Crippen molar-refractivity contribution in [3.8, 4) is 5.75 Å². The van der Waals surface area contributed by atoms with Crippen molar-refractivity contribution in [2.24, 2.45) is 0 Å². The number of aromatic hydroxyl groups is 1. The molecule has 0 saturated heterocycles. The minimum Gasteiger partial charge on any atom is -0.507 e. The van der Waals surface area contributed by atoms with Gasteiger partial charge in [-0.05, 0) is 47.0 Å². The smallest absolute Gasteiger partial charge is 0.129 e. The van der Waals surface area contributed by atoms with Crippen LogP contribution in [-0.4, -0.2) is 11.1 Å². The Morgan fingerprint density at radius 3 is 2.93 bits per heavy atom. The summed E-state index contributed by atoms with van der Waals surface area (Å²) in [7, 11) is 0. The van der Waals surface area contributed by atoms with Gasteiger partial charge in [0.2, 0.25) is 0 Å². The molecule has 0 spiro atoms. The van der Waals surface area contributed by atoms with Crippen molar-refractivity contribution in [2.45, 2.75) is 25.9 Å². The van der Waals surface area contributed by atoms with Crippen molar-refractivity contribution in [1.29, 1.82) is 0 Å². The van der Waals surface area contributed by atoms with Crippen LogP contribution in [-0.2, 0) is 6.54 Å². The maximum Gasteiger partial charge on any atom is 0.129 e. The van der Waals surface area contributed by atoms with E-state index in [1.54, 1.807) is 6.07 Å². The van der Waals surface area contributed by atoms with Crippen LogP contribution in [0.2, 0.25) is 0 Å². The zero-order valence-corrected chi connectivity index (χ0v) is 10.4. The summed E-state index contributed by atoms with van der Waals surface area (Å²) in [4.78, 5) is 0. The Morgan fingerprint density at radius 2 is 2.33 bits per heavy atom. The monoisotopic (exact) mass is 269 g/mol. The van der Waals surface area contributed by atoms with E-state index in [9.17, 15) is 5.11 Å². The molecule has 0 heterocycles. The molecule has 2 nitrogen and oxygen atoms in total. The second kappa shape index (κ2) is 5.93. The first-order valence-electron chi connectivity index (χ1n) is 4.95. The number of hydrogen-bond acceptors (Lipinski definition) is 2. The summed E-state index contributed by atoms with van der Waals surface area (Å²) in [5.74, 6) is 0.276. The van der Waals surface area contributed by atoms with Gasteiger partial charge in [0.25, 0.3) is 0 Å². The van der Waals surface area contributed by atoms with E-state index in [4.69, 9.17) is 0 Å². The van der Waals surface area contributed by atoms with Gasteiger partial charge in [-0.2, -0.15) is 0 Å². The average Bonchev–Trinajstić information content (AvgIpc) is 2.20. The Hall–Kier alpha value is -0.800. The molecule has 82 valence electrons. The van der Waals surface area contributed by atoms with Gasteiger partial charge in [-0.25, -0.2) is 0 Å². The lowest BCUT2D eigenvalue weighted by Crippen LogP contribution is -2.24. The highest BCUT2D eigenvalue weighted by Crippen LogP contribution is 2.24. The molecule has 15 heavy (non-hydrogen) atoms. The van der Waals surface area contributed by atoms with Gasteiger partial charge in [-0.3, -0.25) is 0 Å². The molecule has 1 unspecified atom stereocenters. The van der Waals surface area contributed by atoms with Crippen molar-refractivity contribution in [1.82, 2.24) is 5.32 Å². The lowest BCUT2D eigenvalue weighted by molar-refractivity contribution is 0.471. The molecule has 0 bridgehead atoms. The van der Waals surface area contributed by atoms with Crippen molar-refractivity contribution in [2.75, 3.05) is 0 Å². The van der Waals surface area contributed by atoms with Crippen LogP contribution in [0.5, 0.6) is 5.75 Å². The molecule has 0 aliphatic heterocycles. The Morgan fingerprint density at radius 1 is 1.60 bits per heavy atom. The summed E-state index contributed by atoms with van der Waals surface area (Å²) in [6.07, 6.45) is 2.86. The third kappa shape index (κ3) is 4.06. The maximum absolute atomic E-state index is 9.32. The van der Waals surface area contributed by atoms with E-state index in [-0.39, 0.29) is 5.75 Å². The fourth-order valence-electron chi connectivity index (χ4n) is 1.29. The SMILES string of the molecule is C=CCC(C)NCc1ccc(O)c(Br)c1. The fourth-order valence-corrected chi connectivity index (χ4v) is 1.71. The zero-order valence-electron chi connectivity index (χ0n) is 8.83. The Balaban J connectivity index is 2.50. The van der Waals surface area contributed by atoms with E-state index in [2.05, 4.69) is 34.7 Å². The van der Waals surface area contributed by atoms with E-state index in [0.29, 0.717) is 6.04 Å². The van der Waals surface area contributed by atoms with Crippen molar-refractivity contribution in [3.05, 3.63) is 40.9 Å². The lowest BCUT2D eigenvalue weighted by atomic mass is 10.2. The molecule has 1 atom stereocenters. The van der Waals surface area contributed by atoms with Gasteiger partial charge >= 0.3 is 0 Å². The van der Waals surface area contributed by atoms with Gasteiger partial charge in [0.05, 0.1) is 4.47 Å². The van der Waals surface area contributed by atoms with Crippen molar-refractivity contribution >= 4 is 15.9 Å². The minimum atomic E-state index is 0.276. The first-order chi connectivity index (χ1) is 7.13. The number of phenols is 1. The van der Waals surface area contributed by atoms with E-state index in [0.717, 1.165) is 23.0 Å². The maximum atomic E-state index is 9.32. The van der Waals surface area contributed by atoms with Crippen LogP contribution in [0, 0.1) is 0 Å². The third-order valence-electron chi connectivity index (χ3n) is 2.19. The first-order valence-corrected chi connectivity index (χ1v) is 5.74. The largest absolute Gasteiger partial charge is 0.507 e. The topological polar surface area (TPSA) is 32.3 Å². The van der Waals surface area contributed by atoms with Gasteiger partial charge in [0, 0.05) is 12.6 Å². The van der Waals surface area contributed by atoms with Gasteiger partial charge < -0.3 is 10.4 Å². The van der Waals surface area contributed by atoms with Gasteiger partial charge in [0.1, 0.15) is 5.75 Å². The molecule has 3 heteroatoms. The Kier molecular flexibility index (Phi) is 4.85. The fraction of sp³-hybridized carbons (Fsp3) is 0.333. The second-order valence-electron chi connectivity index (χ2n) is 3.59. The van der Waals surface area contributed by atoms with E-state index in [1.807, 2.05) is 18.2 Å². The van der Waals surface area contributed by atoms with E-state index in [1.165, 1.54) is 0 Å². The predicted molar refractivity (Wildman–Crippen MR) is 66.9 cm³/mol. The van der Waals surface area contributed by atoms with Crippen molar-refractivity contribution < 1.29 is 5.11 Å². The number of nitrogens with one attached hydrogen (secondary N) is 1. The molecule has 0 amide bonds. The van der Waals surface area contributed by atoms with Crippen LogP contribution >= 0.6 is 15.9 Å². The molecular weight excluding hydrogens is 254 g/mol. The summed E-state index contributed by atoms with van der Waals surface area (Å²) in [6.45, 7) is 6.62. The van der Waals surface area contributed by atoms with E-state index < -0.39 is 0 Å². The molecule has 1 aromatic carbocycles. The highest BCUT2D eigenvalue weighted by Gasteiger charge is 2.01. The number of benzene rings is 1. The van der Waals surface area contributed by atoms with Gasteiger partial charge in [0.15, 0.2) is 0 Å². The molecule has 0 radical (unpaired) electrons. The normalized spacial score (nSPS) is 12.4. The average molecular weight is 270 g/mol. The molecule has 1 aromatic rings. The first kappa shape index (κ1) is 12.3. The highest BCUT2D eigenvalue weighted by molar-refractivity contribution is 9.10. The summed E-state index contributed by atoms with van der Waals surface area (Å²) >= 11 is 3.29. The number of hydrogen-bond donors (Lipinski definition) is 2. The summed E-state index contributed by atoms with van der Waals surface area (Å²) in [6, 6.07) is 5.95. The van der Waals surface area contributed by atoms with Gasteiger partial charge in [-0.15, -0.1) is 6.58 Å². The van der Waals surface area contributed by atoms with Gasteiger partial charge in [-0.1, -0.05) is 12.1 Å². The zero-order chi connectivity index (χ0) is 11.3. The summed E-state index contributed by atoms with van der Waals surface area (Å²) < 4.78 is 0.734. The number of rotatable bonds is 5. The molecule has 0 fully saturated rings. The molecular formula is C12H16BrNO. The lowest BCUT2D eigenvalue weighted by Gasteiger charge is -2.11. The molecule has 0 aromatic heterocycles. The molecule has 0 saturated carbocycles.